The number of carbonyl (C=O) groups excluding carboxylic acids is 1. The maximum Gasteiger partial charge on any atom is 1.00 e. The Bertz CT molecular complexity index is 276. The fraction of sp³-hybridized carbons (Fsp3) is 0.875. The molecule has 0 saturated heterocycles. The molecule has 3 nitrogen and oxygen atoms in total. The van der Waals surface area contributed by atoms with Crippen molar-refractivity contribution >= 4 is 23.2 Å². The van der Waals surface area contributed by atoms with Crippen molar-refractivity contribution in [1.29, 1.82) is 0 Å². The van der Waals surface area contributed by atoms with Gasteiger partial charge in [-0.1, -0.05) is 76.2 Å². The molecule has 0 radical (unpaired) electrons. The minimum atomic E-state index is -1.18. The molecular formula is C16H28K2O3S. The van der Waals surface area contributed by atoms with Crippen molar-refractivity contribution in [2.45, 2.75) is 84.0 Å². The molecular weight excluding hydrogens is 350 g/mol. The fourth-order valence-electron chi connectivity index (χ4n) is 2.38. The predicted molar refractivity (Wildman–Crippen MR) is 82.2 cm³/mol. The molecule has 0 amide bonds. The largest absolute Gasteiger partial charge is 1.00 e. The monoisotopic (exact) mass is 378 g/mol. The van der Waals surface area contributed by atoms with Crippen LogP contribution in [0.25, 0.3) is 0 Å². The van der Waals surface area contributed by atoms with E-state index in [2.05, 4.69) is 19.1 Å². The van der Waals surface area contributed by atoms with Gasteiger partial charge in [-0.15, -0.1) is 12.2 Å². The molecule has 0 aliphatic carbocycles. The molecule has 118 valence electrons. The van der Waals surface area contributed by atoms with Crippen LogP contribution < -0.4 is 113 Å². The summed E-state index contributed by atoms with van der Waals surface area (Å²) in [7, 11) is 0. The SMILES string of the molecule is CCCCCCCCCCCCC(CC(=O)[O-])C([O-])=S.[K+].[K+]. The number of carboxylic acid groups (broad SMARTS) is 1. The molecule has 0 N–H and O–H groups in total. The summed E-state index contributed by atoms with van der Waals surface area (Å²) in [5.41, 5.74) is 0. The Hall–Kier alpha value is 2.63. The van der Waals surface area contributed by atoms with Gasteiger partial charge in [-0.2, -0.15) is 0 Å². The first-order valence-corrected chi connectivity index (χ1v) is 8.39. The number of hydrogen-bond donors (Lipinski definition) is 0. The minimum Gasteiger partial charge on any atom is -0.867 e. The zero-order valence-electron chi connectivity index (χ0n) is 14.7. The van der Waals surface area contributed by atoms with E-state index in [1.165, 1.54) is 44.9 Å². The van der Waals surface area contributed by atoms with Gasteiger partial charge in [0, 0.05) is 5.97 Å². The molecule has 0 saturated carbocycles. The number of aliphatic carboxylic acids is 1. The summed E-state index contributed by atoms with van der Waals surface area (Å²) in [6.45, 7) is 2.22. The molecule has 6 heteroatoms. The van der Waals surface area contributed by atoms with Crippen LogP contribution in [0.5, 0.6) is 0 Å². The Morgan fingerprint density at radius 2 is 1.27 bits per heavy atom. The van der Waals surface area contributed by atoms with Gasteiger partial charge >= 0.3 is 103 Å². The summed E-state index contributed by atoms with van der Waals surface area (Å²) in [4.78, 5) is 10.5. The van der Waals surface area contributed by atoms with Gasteiger partial charge in [0.05, 0.1) is 0 Å². The van der Waals surface area contributed by atoms with Gasteiger partial charge in [-0.25, -0.2) is 0 Å². The molecule has 0 rings (SSSR count). The van der Waals surface area contributed by atoms with Crippen molar-refractivity contribution in [1.82, 2.24) is 0 Å². The number of carboxylic acids is 1. The summed E-state index contributed by atoms with van der Waals surface area (Å²) in [6.07, 6.45) is 12.6. The van der Waals surface area contributed by atoms with Gasteiger partial charge < -0.3 is 15.0 Å². The normalized spacial score (nSPS) is 11.1. The average molecular weight is 379 g/mol. The Morgan fingerprint density at radius 3 is 1.64 bits per heavy atom. The van der Waals surface area contributed by atoms with Crippen molar-refractivity contribution in [2.75, 3.05) is 0 Å². The standard InChI is InChI=1S/C16H30O3S.2K/c1-2-3-4-5-6-7-8-9-10-11-12-14(16(19)20)13-15(17)18;;/h14H,2-13H2,1H3,(H,17,18)(H,19,20);;/q;2*+1/p-2. The molecule has 0 aromatic carbocycles. The van der Waals surface area contributed by atoms with Crippen LogP contribution in [0, 0.1) is 5.92 Å². The van der Waals surface area contributed by atoms with E-state index in [9.17, 15) is 15.0 Å². The van der Waals surface area contributed by atoms with Gasteiger partial charge in [-0.3, -0.25) is 0 Å². The second kappa shape index (κ2) is 21.7. The third-order valence-corrected chi connectivity index (χ3v) is 3.99. The van der Waals surface area contributed by atoms with E-state index < -0.39 is 16.9 Å². The summed E-state index contributed by atoms with van der Waals surface area (Å²) >= 11 is 4.56. The van der Waals surface area contributed by atoms with Crippen LogP contribution in [0.3, 0.4) is 0 Å². The Labute approximate surface area is 226 Å². The molecule has 0 aliphatic rings. The van der Waals surface area contributed by atoms with E-state index in [4.69, 9.17) is 0 Å². The fourth-order valence-corrected chi connectivity index (χ4v) is 2.58. The summed E-state index contributed by atoms with van der Waals surface area (Å²) in [5.74, 6) is -1.70. The molecule has 0 heterocycles. The number of thiocarbonyl (C=S) groups is 1. The first-order valence-electron chi connectivity index (χ1n) is 7.98. The molecule has 1 unspecified atom stereocenters. The van der Waals surface area contributed by atoms with Crippen molar-refractivity contribution in [2.24, 2.45) is 5.92 Å². The Balaban J connectivity index is -0.00000180. The first kappa shape index (κ1) is 29.4. The topological polar surface area (TPSA) is 63.2 Å². The van der Waals surface area contributed by atoms with E-state index >= 15 is 0 Å². The summed E-state index contributed by atoms with van der Waals surface area (Å²) in [5, 5.41) is 21.1. The molecule has 0 aromatic heterocycles. The molecule has 22 heavy (non-hydrogen) atoms. The first-order chi connectivity index (χ1) is 9.57. The van der Waals surface area contributed by atoms with Crippen LogP contribution in [-0.2, 0) is 4.79 Å². The molecule has 0 aliphatic heterocycles. The van der Waals surface area contributed by atoms with Crippen LogP contribution in [0.1, 0.15) is 84.0 Å². The molecule has 0 fully saturated rings. The minimum absolute atomic E-state index is 0. The van der Waals surface area contributed by atoms with Gasteiger partial charge in [0.1, 0.15) is 0 Å². The van der Waals surface area contributed by atoms with Crippen LogP contribution in [0.4, 0.5) is 0 Å². The van der Waals surface area contributed by atoms with E-state index in [0.29, 0.717) is 6.42 Å². The second-order valence-electron chi connectivity index (χ2n) is 5.56. The zero-order chi connectivity index (χ0) is 15.2. The van der Waals surface area contributed by atoms with Crippen molar-refractivity contribution in [3.8, 4) is 0 Å². The van der Waals surface area contributed by atoms with E-state index in [1.54, 1.807) is 0 Å². The second-order valence-corrected chi connectivity index (χ2v) is 5.97. The average Bonchev–Trinajstić information content (AvgIpc) is 2.39. The van der Waals surface area contributed by atoms with Gasteiger partial charge in [0.2, 0.25) is 0 Å². The van der Waals surface area contributed by atoms with E-state index in [-0.39, 0.29) is 109 Å². The third kappa shape index (κ3) is 20.7. The maximum atomic E-state index is 11.1. The Morgan fingerprint density at radius 1 is 0.864 bits per heavy atom. The molecule has 1 atom stereocenters. The van der Waals surface area contributed by atoms with Crippen molar-refractivity contribution < 1.29 is 118 Å². The summed E-state index contributed by atoms with van der Waals surface area (Å²) in [6, 6.07) is 0. The van der Waals surface area contributed by atoms with Crippen molar-refractivity contribution in [3.05, 3.63) is 0 Å². The summed E-state index contributed by atoms with van der Waals surface area (Å²) < 4.78 is 0. The third-order valence-electron chi connectivity index (χ3n) is 3.65. The van der Waals surface area contributed by atoms with Gasteiger partial charge in [-0.05, 0) is 18.8 Å². The van der Waals surface area contributed by atoms with Gasteiger partial charge in [0.15, 0.2) is 0 Å². The predicted octanol–water partition coefficient (Wildman–Crippen LogP) is -3.25. The van der Waals surface area contributed by atoms with Crippen LogP contribution in [-0.4, -0.2) is 11.0 Å². The van der Waals surface area contributed by atoms with E-state index in [0.717, 1.165) is 19.3 Å². The van der Waals surface area contributed by atoms with E-state index in [1.807, 2.05) is 0 Å². The molecule has 0 aromatic rings. The quantitative estimate of drug-likeness (QED) is 0.181. The van der Waals surface area contributed by atoms with Crippen molar-refractivity contribution in [3.63, 3.8) is 0 Å². The van der Waals surface area contributed by atoms with Crippen LogP contribution >= 0.6 is 12.2 Å². The number of unbranched alkanes of at least 4 members (excludes halogenated alkanes) is 9. The van der Waals surface area contributed by atoms with Crippen LogP contribution in [0.15, 0.2) is 0 Å². The Kier molecular flexibility index (Phi) is 29.0. The number of carbonyl (C=O) groups is 1. The molecule has 0 bridgehead atoms. The van der Waals surface area contributed by atoms with Crippen LogP contribution in [0.2, 0.25) is 0 Å². The zero-order valence-corrected chi connectivity index (χ0v) is 21.8. The number of hydrogen-bond acceptors (Lipinski definition) is 4. The molecule has 0 spiro atoms. The smallest absolute Gasteiger partial charge is 0.867 e. The maximum absolute atomic E-state index is 11.1. The number of rotatable bonds is 14. The van der Waals surface area contributed by atoms with Gasteiger partial charge in [0.25, 0.3) is 0 Å².